The van der Waals surface area contributed by atoms with Gasteiger partial charge < -0.3 is 10.6 Å². The number of carbonyl (C=O) groups excluding carboxylic acids is 2. The predicted molar refractivity (Wildman–Crippen MR) is 121 cm³/mol. The Labute approximate surface area is 192 Å². The van der Waals surface area contributed by atoms with E-state index in [0.717, 1.165) is 29.8 Å². The van der Waals surface area contributed by atoms with E-state index in [2.05, 4.69) is 26.1 Å². The van der Waals surface area contributed by atoms with Gasteiger partial charge in [0.15, 0.2) is 0 Å². The fourth-order valence-electron chi connectivity index (χ4n) is 2.91. The highest BCUT2D eigenvalue weighted by atomic mass is 32.1. The van der Waals surface area contributed by atoms with Crippen LogP contribution < -0.4 is 16.0 Å². The molecule has 0 radical (unpaired) electrons. The number of halogens is 3. The van der Waals surface area contributed by atoms with Crippen LogP contribution in [0.3, 0.4) is 0 Å². The average molecular weight is 478 g/mol. The van der Waals surface area contributed by atoms with Crippen LogP contribution in [-0.2, 0) is 11.0 Å². The quantitative estimate of drug-likeness (QED) is 0.425. The number of hydrogen-bond donors (Lipinski definition) is 3. The third kappa shape index (κ3) is 6.51. The molecule has 1 heterocycles. The number of aromatic nitrogens is 2. The molecule has 0 fully saturated rings. The first-order valence-electron chi connectivity index (χ1n) is 10.1. The molecule has 3 aromatic rings. The van der Waals surface area contributed by atoms with Crippen LogP contribution in [0, 0.1) is 5.92 Å². The van der Waals surface area contributed by atoms with Crippen molar-refractivity contribution in [3.05, 3.63) is 60.2 Å². The molecule has 2 aromatic carbocycles. The van der Waals surface area contributed by atoms with E-state index in [1.807, 2.05) is 37.3 Å². The maximum atomic E-state index is 12.9. The number of rotatable bonds is 7. The van der Waals surface area contributed by atoms with Crippen molar-refractivity contribution in [3.63, 3.8) is 0 Å². The average Bonchev–Trinajstić information content (AvgIpc) is 3.25. The van der Waals surface area contributed by atoms with Gasteiger partial charge in [-0.1, -0.05) is 61.9 Å². The van der Waals surface area contributed by atoms with Gasteiger partial charge in [0.1, 0.15) is 11.0 Å². The van der Waals surface area contributed by atoms with E-state index in [9.17, 15) is 22.8 Å². The molecular formula is C22H22F3N5O2S. The van der Waals surface area contributed by atoms with Gasteiger partial charge in [-0.25, -0.2) is 4.79 Å². The molecular weight excluding hydrogens is 455 g/mol. The molecule has 0 saturated heterocycles. The van der Waals surface area contributed by atoms with Gasteiger partial charge in [-0.15, -0.1) is 10.2 Å². The van der Waals surface area contributed by atoms with Gasteiger partial charge in [0.05, 0.1) is 5.56 Å². The highest BCUT2D eigenvalue weighted by molar-refractivity contribution is 7.18. The molecule has 2 atom stereocenters. The minimum absolute atomic E-state index is 0.167. The van der Waals surface area contributed by atoms with Crippen LogP contribution in [0.5, 0.6) is 0 Å². The molecule has 2 unspecified atom stereocenters. The molecule has 174 valence electrons. The van der Waals surface area contributed by atoms with E-state index in [4.69, 9.17) is 0 Å². The number of anilines is 2. The lowest BCUT2D eigenvalue weighted by molar-refractivity contribution is -0.137. The molecule has 0 aliphatic rings. The first-order chi connectivity index (χ1) is 15.7. The molecule has 0 bridgehead atoms. The Bertz CT molecular complexity index is 1090. The van der Waals surface area contributed by atoms with Crippen LogP contribution in [0.4, 0.5) is 28.8 Å². The molecule has 3 amide bonds. The molecule has 3 N–H and O–H groups in total. The lowest BCUT2D eigenvalue weighted by Gasteiger charge is -2.23. The smallest absolute Gasteiger partial charge is 0.326 e. The SMILES string of the molecule is CCC(C)C(NC(=O)Nc1ccc(C(F)(F)F)cc1)C(=O)Nc1nnc(-c2ccccc2)s1. The van der Waals surface area contributed by atoms with E-state index < -0.39 is 29.7 Å². The molecule has 0 spiro atoms. The largest absolute Gasteiger partial charge is 0.416 e. The van der Waals surface area contributed by atoms with Crippen molar-refractivity contribution < 1.29 is 22.8 Å². The standard InChI is InChI=1S/C22H22F3N5O2S/c1-3-13(2)17(27-20(32)26-16-11-9-15(10-12-16)22(23,24)25)18(31)28-21-30-29-19(33-21)14-7-5-4-6-8-14/h4-13,17H,3H2,1-2H3,(H2,26,27,32)(H,28,30,31). The second-order valence-electron chi connectivity index (χ2n) is 7.30. The van der Waals surface area contributed by atoms with Crippen molar-refractivity contribution in [3.8, 4) is 10.6 Å². The Balaban J connectivity index is 1.65. The van der Waals surface area contributed by atoms with E-state index in [0.29, 0.717) is 11.4 Å². The van der Waals surface area contributed by atoms with Gasteiger partial charge >= 0.3 is 12.2 Å². The lowest BCUT2D eigenvalue weighted by atomic mass is 9.98. The summed E-state index contributed by atoms with van der Waals surface area (Å²) in [5.74, 6) is -0.687. The van der Waals surface area contributed by atoms with Crippen LogP contribution in [0.1, 0.15) is 25.8 Å². The summed E-state index contributed by atoms with van der Waals surface area (Å²) in [4.78, 5) is 25.3. The van der Waals surface area contributed by atoms with Crippen molar-refractivity contribution >= 4 is 34.1 Å². The molecule has 0 saturated carbocycles. The van der Waals surface area contributed by atoms with Crippen molar-refractivity contribution in [2.45, 2.75) is 32.5 Å². The highest BCUT2D eigenvalue weighted by Gasteiger charge is 2.30. The van der Waals surface area contributed by atoms with Crippen molar-refractivity contribution in [2.24, 2.45) is 5.92 Å². The van der Waals surface area contributed by atoms with E-state index in [1.54, 1.807) is 6.92 Å². The van der Waals surface area contributed by atoms with Gasteiger partial charge in [0.2, 0.25) is 11.0 Å². The molecule has 0 aliphatic carbocycles. The number of nitrogens with zero attached hydrogens (tertiary/aromatic N) is 2. The molecule has 33 heavy (non-hydrogen) atoms. The van der Waals surface area contributed by atoms with Gasteiger partial charge in [-0.3, -0.25) is 10.1 Å². The molecule has 7 nitrogen and oxygen atoms in total. The molecule has 11 heteroatoms. The monoisotopic (exact) mass is 477 g/mol. The molecule has 3 rings (SSSR count). The van der Waals surface area contributed by atoms with Gasteiger partial charge in [-0.05, 0) is 30.2 Å². The maximum Gasteiger partial charge on any atom is 0.416 e. The van der Waals surface area contributed by atoms with Gasteiger partial charge in [0.25, 0.3) is 0 Å². The summed E-state index contributed by atoms with van der Waals surface area (Å²) in [6, 6.07) is 11.8. The third-order valence-corrected chi connectivity index (χ3v) is 5.82. The fraction of sp³-hybridized carbons (Fsp3) is 0.273. The van der Waals surface area contributed by atoms with Crippen molar-refractivity contribution in [1.29, 1.82) is 0 Å². The maximum absolute atomic E-state index is 12.9. The highest BCUT2D eigenvalue weighted by Crippen LogP contribution is 2.30. The summed E-state index contributed by atoms with van der Waals surface area (Å²) in [7, 11) is 0. The first kappa shape index (κ1) is 24.2. The summed E-state index contributed by atoms with van der Waals surface area (Å²) >= 11 is 1.20. The zero-order chi connectivity index (χ0) is 24.0. The number of alkyl halides is 3. The minimum atomic E-state index is -4.47. The Morgan fingerprint density at radius 3 is 2.27 bits per heavy atom. The van der Waals surface area contributed by atoms with Crippen LogP contribution in [0.2, 0.25) is 0 Å². The van der Waals surface area contributed by atoms with E-state index >= 15 is 0 Å². The first-order valence-corrected chi connectivity index (χ1v) is 10.9. The Morgan fingerprint density at radius 2 is 1.67 bits per heavy atom. The number of benzene rings is 2. The second-order valence-corrected chi connectivity index (χ2v) is 8.28. The summed E-state index contributed by atoms with van der Waals surface area (Å²) in [6.45, 7) is 3.68. The summed E-state index contributed by atoms with van der Waals surface area (Å²) in [6.07, 6.45) is -3.87. The zero-order valence-electron chi connectivity index (χ0n) is 17.8. The van der Waals surface area contributed by atoms with E-state index in [-0.39, 0.29) is 16.7 Å². The number of amides is 3. The minimum Gasteiger partial charge on any atom is -0.326 e. The number of carbonyl (C=O) groups is 2. The van der Waals surface area contributed by atoms with Crippen LogP contribution in [0.15, 0.2) is 54.6 Å². The van der Waals surface area contributed by atoms with Gasteiger partial charge in [0, 0.05) is 11.3 Å². The third-order valence-electron chi connectivity index (χ3n) is 4.93. The van der Waals surface area contributed by atoms with Crippen molar-refractivity contribution in [2.75, 3.05) is 10.6 Å². The van der Waals surface area contributed by atoms with Gasteiger partial charge in [-0.2, -0.15) is 13.2 Å². The second kappa shape index (κ2) is 10.4. The van der Waals surface area contributed by atoms with Crippen LogP contribution >= 0.6 is 11.3 Å². The summed E-state index contributed by atoms with van der Waals surface area (Å²) < 4.78 is 38.1. The molecule has 1 aromatic heterocycles. The normalized spacial score (nSPS) is 13.1. The Morgan fingerprint density at radius 1 is 1.00 bits per heavy atom. The molecule has 0 aliphatic heterocycles. The lowest BCUT2D eigenvalue weighted by Crippen LogP contribution is -2.49. The summed E-state index contributed by atoms with van der Waals surface area (Å²) in [5.41, 5.74) is 0.209. The topological polar surface area (TPSA) is 96.0 Å². The van der Waals surface area contributed by atoms with Crippen molar-refractivity contribution in [1.82, 2.24) is 15.5 Å². The van der Waals surface area contributed by atoms with Crippen LogP contribution in [-0.4, -0.2) is 28.2 Å². The van der Waals surface area contributed by atoms with E-state index in [1.165, 1.54) is 11.3 Å². The number of urea groups is 1. The fourth-order valence-corrected chi connectivity index (χ4v) is 3.66. The summed E-state index contributed by atoms with van der Waals surface area (Å²) in [5, 5.41) is 16.7. The zero-order valence-corrected chi connectivity index (χ0v) is 18.6. The Kier molecular flexibility index (Phi) is 7.64. The Hall–Kier alpha value is -3.47. The number of hydrogen-bond acceptors (Lipinski definition) is 5. The van der Waals surface area contributed by atoms with Crippen LogP contribution in [0.25, 0.3) is 10.6 Å². The predicted octanol–water partition coefficient (Wildman–Crippen LogP) is 5.40. The number of nitrogens with one attached hydrogen (secondary N) is 3.